The lowest BCUT2D eigenvalue weighted by Crippen LogP contribution is -2.43. The highest BCUT2D eigenvalue weighted by molar-refractivity contribution is 7.90. The maximum absolute atomic E-state index is 12.2. The molecule has 0 saturated heterocycles. The topological polar surface area (TPSA) is 91.1 Å². The number of thiazole rings is 1. The van der Waals surface area contributed by atoms with Crippen molar-refractivity contribution in [1.82, 2.24) is 9.71 Å². The molecule has 0 saturated carbocycles. The van der Waals surface area contributed by atoms with Gasteiger partial charge in [0, 0.05) is 16.3 Å². The minimum Gasteiger partial charge on any atom is -0.598 e. The van der Waals surface area contributed by atoms with E-state index in [1.54, 1.807) is 5.51 Å². The van der Waals surface area contributed by atoms with Crippen molar-refractivity contribution in [3.8, 4) is 0 Å². The smallest absolute Gasteiger partial charge is 0.227 e. The third-order valence-electron chi connectivity index (χ3n) is 2.89. The Morgan fingerprint density at radius 1 is 1.48 bits per heavy atom. The second-order valence-corrected chi connectivity index (χ2v) is 8.53. The minimum atomic E-state index is -1.38. The minimum absolute atomic E-state index is 0.322. The van der Waals surface area contributed by atoms with E-state index in [1.165, 1.54) is 11.3 Å². The predicted octanol–water partition coefficient (Wildman–Crippen LogP) is 2.67. The van der Waals surface area contributed by atoms with Crippen LogP contribution in [0.25, 0.3) is 10.2 Å². The average molecular weight is 327 g/mol. The molecule has 1 aromatic heterocycles. The van der Waals surface area contributed by atoms with Crippen LogP contribution < -0.4 is 4.72 Å². The maximum atomic E-state index is 12.2. The molecule has 0 aliphatic rings. The van der Waals surface area contributed by atoms with E-state index in [-0.39, 0.29) is 6.54 Å². The summed E-state index contributed by atoms with van der Waals surface area (Å²) in [6, 6.07) is 4.91. The number of nitro groups is 1. The van der Waals surface area contributed by atoms with Gasteiger partial charge in [-0.3, -0.25) is 10.1 Å². The molecule has 0 spiro atoms. The maximum Gasteiger partial charge on any atom is 0.227 e. The Morgan fingerprint density at radius 2 is 2.19 bits per heavy atom. The molecule has 1 N–H and O–H groups in total. The summed E-state index contributed by atoms with van der Waals surface area (Å²) in [6.07, 6.45) is 0. The lowest BCUT2D eigenvalue weighted by atomic mass is 10.1. The number of hydrogen-bond acceptors (Lipinski definition) is 6. The quantitative estimate of drug-likeness (QED) is 0.518. The van der Waals surface area contributed by atoms with Crippen molar-refractivity contribution in [2.24, 2.45) is 0 Å². The summed E-state index contributed by atoms with van der Waals surface area (Å²) in [4.78, 5) is 14.7. The number of fused-ring (bicyclic) bond motifs is 1. The molecule has 0 aliphatic heterocycles. The van der Waals surface area contributed by atoms with E-state index in [2.05, 4.69) is 9.71 Å². The fraction of sp³-hybridized carbons (Fsp3) is 0.462. The summed E-state index contributed by atoms with van der Waals surface area (Å²) < 4.78 is 15.6. The standard InChI is InChI=1S/C13H17N3O3S2/c1-13(2,3)21(19)15-11(7-16(17)18)9-4-5-12-10(6-9)14-8-20-12/h4-6,8,11,15H,7H2,1-3H3/t11-,21?/m0/s1. The Balaban J connectivity index is 2.28. The van der Waals surface area contributed by atoms with Crippen molar-refractivity contribution in [2.45, 2.75) is 31.6 Å². The monoisotopic (exact) mass is 327 g/mol. The molecule has 0 bridgehead atoms. The van der Waals surface area contributed by atoms with E-state index in [0.717, 1.165) is 15.8 Å². The molecule has 1 heterocycles. The molecule has 0 amide bonds. The highest BCUT2D eigenvalue weighted by Gasteiger charge is 2.32. The van der Waals surface area contributed by atoms with Crippen molar-refractivity contribution >= 4 is 32.9 Å². The van der Waals surface area contributed by atoms with Crippen LogP contribution in [-0.2, 0) is 11.4 Å². The first-order valence-corrected chi connectivity index (χ1v) is 8.43. The summed E-state index contributed by atoms with van der Waals surface area (Å²) in [5.41, 5.74) is 3.26. The van der Waals surface area contributed by atoms with Crippen LogP contribution in [0.2, 0.25) is 0 Å². The Morgan fingerprint density at radius 3 is 2.81 bits per heavy atom. The second kappa shape index (κ2) is 6.27. The highest BCUT2D eigenvalue weighted by atomic mass is 32.2. The normalized spacial score (nSPS) is 15.0. The molecule has 6 nitrogen and oxygen atoms in total. The van der Waals surface area contributed by atoms with E-state index in [4.69, 9.17) is 0 Å². The fourth-order valence-electron chi connectivity index (χ4n) is 1.76. The number of benzene rings is 1. The molecule has 1 aromatic carbocycles. The lowest BCUT2D eigenvalue weighted by Gasteiger charge is -2.26. The van der Waals surface area contributed by atoms with Gasteiger partial charge in [-0.15, -0.1) is 16.1 Å². The summed E-state index contributed by atoms with van der Waals surface area (Å²) >= 11 is 0.134. The van der Waals surface area contributed by atoms with Crippen LogP contribution in [-0.4, -0.2) is 25.8 Å². The molecule has 0 fully saturated rings. The Bertz CT molecular complexity index is 639. The van der Waals surface area contributed by atoms with Gasteiger partial charge in [-0.2, -0.15) is 0 Å². The molecule has 2 rings (SSSR count). The number of aromatic nitrogens is 1. The number of rotatable bonds is 5. The number of nitrogens with one attached hydrogen (secondary N) is 1. The SMILES string of the molecule is CC(C)(C)[S+]([O-])N[C@@H](C[N+](=O)[O-])c1ccc2scnc2c1. The van der Waals surface area contributed by atoms with Crippen molar-refractivity contribution in [3.05, 3.63) is 39.4 Å². The molecular weight excluding hydrogens is 310 g/mol. The van der Waals surface area contributed by atoms with Crippen LogP contribution in [0.15, 0.2) is 23.7 Å². The molecule has 0 radical (unpaired) electrons. The number of nitrogens with zero attached hydrogens (tertiary/aromatic N) is 2. The van der Waals surface area contributed by atoms with Crippen LogP contribution in [0.1, 0.15) is 32.4 Å². The third-order valence-corrected chi connectivity index (χ3v) is 5.31. The molecule has 2 atom stereocenters. The molecule has 0 aliphatic carbocycles. The van der Waals surface area contributed by atoms with Crippen LogP contribution in [0.3, 0.4) is 0 Å². The summed E-state index contributed by atoms with van der Waals surface area (Å²) in [5.74, 6) is 0. The van der Waals surface area contributed by atoms with Crippen LogP contribution in [0.5, 0.6) is 0 Å². The zero-order valence-electron chi connectivity index (χ0n) is 12.0. The summed E-state index contributed by atoms with van der Waals surface area (Å²) in [7, 11) is 0. The van der Waals surface area contributed by atoms with Crippen molar-refractivity contribution in [1.29, 1.82) is 0 Å². The van der Waals surface area contributed by atoms with Gasteiger partial charge in [0.25, 0.3) is 0 Å². The van der Waals surface area contributed by atoms with E-state index in [0.29, 0.717) is 0 Å². The van der Waals surface area contributed by atoms with Gasteiger partial charge in [0.05, 0.1) is 15.7 Å². The molecule has 21 heavy (non-hydrogen) atoms. The van der Waals surface area contributed by atoms with Crippen molar-refractivity contribution < 1.29 is 9.48 Å². The van der Waals surface area contributed by atoms with Gasteiger partial charge in [0.2, 0.25) is 6.54 Å². The number of hydrogen-bond donors (Lipinski definition) is 1. The van der Waals surface area contributed by atoms with Gasteiger partial charge in [-0.25, -0.2) is 4.98 Å². The summed E-state index contributed by atoms with van der Waals surface area (Å²) in [6.45, 7) is 5.15. The van der Waals surface area contributed by atoms with Crippen LogP contribution in [0.4, 0.5) is 0 Å². The first kappa shape index (κ1) is 16.2. The fourth-order valence-corrected chi connectivity index (χ4v) is 3.24. The lowest BCUT2D eigenvalue weighted by molar-refractivity contribution is -0.483. The zero-order valence-corrected chi connectivity index (χ0v) is 13.7. The van der Waals surface area contributed by atoms with Crippen molar-refractivity contribution in [2.75, 3.05) is 6.54 Å². The first-order valence-electron chi connectivity index (χ1n) is 6.40. The Hall–Kier alpha value is -1.22. The van der Waals surface area contributed by atoms with Gasteiger partial charge in [-0.05, 0) is 38.5 Å². The predicted molar refractivity (Wildman–Crippen MR) is 85.3 cm³/mol. The second-order valence-electron chi connectivity index (χ2n) is 5.65. The zero-order chi connectivity index (χ0) is 15.6. The largest absolute Gasteiger partial charge is 0.598 e. The Labute approximate surface area is 130 Å². The van der Waals surface area contributed by atoms with E-state index < -0.39 is 27.1 Å². The third kappa shape index (κ3) is 4.13. The highest BCUT2D eigenvalue weighted by Crippen LogP contribution is 2.25. The van der Waals surface area contributed by atoms with Gasteiger partial charge >= 0.3 is 0 Å². The van der Waals surface area contributed by atoms with Gasteiger partial charge in [-0.1, -0.05) is 6.07 Å². The van der Waals surface area contributed by atoms with E-state index >= 15 is 0 Å². The molecule has 114 valence electrons. The van der Waals surface area contributed by atoms with Crippen LogP contribution >= 0.6 is 11.3 Å². The van der Waals surface area contributed by atoms with E-state index in [1.807, 2.05) is 39.0 Å². The molecule has 8 heteroatoms. The summed E-state index contributed by atoms with van der Waals surface area (Å²) in [5, 5.41) is 10.9. The van der Waals surface area contributed by atoms with Gasteiger partial charge < -0.3 is 4.55 Å². The van der Waals surface area contributed by atoms with Gasteiger partial charge in [0.15, 0.2) is 0 Å². The molecule has 1 unspecified atom stereocenters. The van der Waals surface area contributed by atoms with Crippen molar-refractivity contribution in [3.63, 3.8) is 0 Å². The first-order chi connectivity index (χ1) is 9.77. The molecule has 2 aromatic rings. The van der Waals surface area contributed by atoms with E-state index in [9.17, 15) is 14.7 Å². The average Bonchev–Trinajstić information content (AvgIpc) is 2.83. The molecular formula is C13H17N3O3S2. The Kier molecular flexibility index (Phi) is 4.82. The van der Waals surface area contributed by atoms with Gasteiger partial charge in [0.1, 0.15) is 10.8 Å². The van der Waals surface area contributed by atoms with Crippen LogP contribution in [0, 0.1) is 10.1 Å².